The maximum absolute atomic E-state index is 11.6. The molecule has 1 atom stereocenters. The SMILES string of the molecule is O=C(NCC[C@H](O)C(=O)O)c1cnccc1Cl. The molecule has 0 aliphatic heterocycles. The number of nitrogens with one attached hydrogen (secondary N) is 1. The highest BCUT2D eigenvalue weighted by Crippen LogP contribution is 2.12. The molecule has 0 aliphatic rings. The van der Waals surface area contributed by atoms with Gasteiger partial charge in [-0.05, 0) is 6.07 Å². The number of halogens is 1. The molecule has 1 rings (SSSR count). The van der Waals surface area contributed by atoms with E-state index in [1.807, 2.05) is 0 Å². The normalized spacial score (nSPS) is 11.9. The average molecular weight is 259 g/mol. The fraction of sp³-hybridized carbons (Fsp3) is 0.300. The summed E-state index contributed by atoms with van der Waals surface area (Å²) in [4.78, 5) is 25.6. The van der Waals surface area contributed by atoms with E-state index < -0.39 is 18.0 Å². The average Bonchev–Trinajstić information content (AvgIpc) is 2.29. The van der Waals surface area contributed by atoms with Gasteiger partial charge in [-0.2, -0.15) is 0 Å². The summed E-state index contributed by atoms with van der Waals surface area (Å²) in [5.41, 5.74) is 0.207. The van der Waals surface area contributed by atoms with Gasteiger partial charge in [0, 0.05) is 25.4 Å². The first kappa shape index (κ1) is 13.4. The monoisotopic (exact) mass is 258 g/mol. The lowest BCUT2D eigenvalue weighted by Crippen LogP contribution is -2.30. The van der Waals surface area contributed by atoms with E-state index in [4.69, 9.17) is 21.8 Å². The van der Waals surface area contributed by atoms with Crippen molar-refractivity contribution in [2.45, 2.75) is 12.5 Å². The molecule has 7 heteroatoms. The number of pyridine rings is 1. The van der Waals surface area contributed by atoms with Crippen molar-refractivity contribution in [1.29, 1.82) is 0 Å². The van der Waals surface area contributed by atoms with Crippen LogP contribution in [-0.4, -0.2) is 39.7 Å². The minimum atomic E-state index is -1.49. The highest BCUT2D eigenvalue weighted by atomic mass is 35.5. The van der Waals surface area contributed by atoms with Crippen molar-refractivity contribution in [3.05, 3.63) is 29.0 Å². The van der Waals surface area contributed by atoms with Crippen molar-refractivity contribution >= 4 is 23.5 Å². The van der Waals surface area contributed by atoms with Gasteiger partial charge >= 0.3 is 5.97 Å². The lowest BCUT2D eigenvalue weighted by atomic mass is 10.2. The Hall–Kier alpha value is -1.66. The van der Waals surface area contributed by atoms with Crippen LogP contribution in [0.3, 0.4) is 0 Å². The maximum Gasteiger partial charge on any atom is 0.332 e. The Morgan fingerprint density at radius 2 is 2.24 bits per heavy atom. The highest BCUT2D eigenvalue weighted by Gasteiger charge is 2.14. The van der Waals surface area contributed by atoms with Gasteiger partial charge in [0.15, 0.2) is 6.10 Å². The number of aliphatic carboxylic acids is 1. The lowest BCUT2D eigenvalue weighted by Gasteiger charge is -2.07. The first-order chi connectivity index (χ1) is 8.02. The molecular weight excluding hydrogens is 248 g/mol. The number of nitrogens with zero attached hydrogens (tertiary/aromatic N) is 1. The third kappa shape index (κ3) is 4.01. The zero-order valence-corrected chi connectivity index (χ0v) is 9.52. The molecule has 0 aliphatic carbocycles. The summed E-state index contributed by atoms with van der Waals surface area (Å²) in [6.45, 7) is 0.0392. The summed E-state index contributed by atoms with van der Waals surface area (Å²) in [7, 11) is 0. The van der Waals surface area contributed by atoms with Crippen LogP contribution >= 0.6 is 11.6 Å². The summed E-state index contributed by atoms with van der Waals surface area (Å²) in [6, 6.07) is 1.47. The van der Waals surface area contributed by atoms with Crippen LogP contribution in [0.4, 0.5) is 0 Å². The molecule has 0 saturated carbocycles. The second kappa shape index (κ2) is 6.17. The van der Waals surface area contributed by atoms with Gasteiger partial charge in [0.2, 0.25) is 0 Å². The molecule has 0 saturated heterocycles. The fourth-order valence-electron chi connectivity index (χ4n) is 1.09. The molecule has 0 radical (unpaired) electrons. The van der Waals surface area contributed by atoms with Crippen molar-refractivity contribution < 1.29 is 19.8 Å². The Bertz CT molecular complexity index is 425. The molecule has 0 aromatic carbocycles. The number of hydrogen-bond donors (Lipinski definition) is 3. The quantitative estimate of drug-likeness (QED) is 0.705. The second-order valence-electron chi connectivity index (χ2n) is 3.25. The van der Waals surface area contributed by atoms with E-state index in [2.05, 4.69) is 10.3 Å². The first-order valence-electron chi connectivity index (χ1n) is 4.81. The van der Waals surface area contributed by atoms with E-state index in [1.54, 1.807) is 0 Å². The number of aliphatic hydroxyl groups is 1. The van der Waals surface area contributed by atoms with Crippen LogP contribution in [0.15, 0.2) is 18.5 Å². The summed E-state index contributed by atoms with van der Waals surface area (Å²) in [5, 5.41) is 20.1. The zero-order chi connectivity index (χ0) is 12.8. The standard InChI is InChI=1S/C10H11ClN2O4/c11-7-1-3-12-5-6(7)9(15)13-4-2-8(14)10(16)17/h1,3,5,8,14H,2,4H2,(H,13,15)(H,16,17)/t8-/m0/s1. The Labute approximate surface area is 102 Å². The van der Waals surface area contributed by atoms with Crippen LogP contribution in [0.25, 0.3) is 0 Å². The van der Waals surface area contributed by atoms with Gasteiger partial charge < -0.3 is 15.5 Å². The number of carboxylic acids is 1. The molecule has 1 aromatic rings. The van der Waals surface area contributed by atoms with Crippen molar-refractivity contribution in [2.75, 3.05) is 6.54 Å². The predicted molar refractivity (Wildman–Crippen MR) is 59.8 cm³/mol. The second-order valence-corrected chi connectivity index (χ2v) is 3.66. The van der Waals surface area contributed by atoms with Gasteiger partial charge in [-0.25, -0.2) is 4.79 Å². The molecule has 92 valence electrons. The van der Waals surface area contributed by atoms with Gasteiger partial charge in [0.05, 0.1) is 10.6 Å². The van der Waals surface area contributed by atoms with Gasteiger partial charge in [-0.15, -0.1) is 0 Å². The van der Waals surface area contributed by atoms with Crippen LogP contribution in [0.5, 0.6) is 0 Å². The number of carboxylic acid groups (broad SMARTS) is 1. The van der Waals surface area contributed by atoms with Gasteiger partial charge in [-0.3, -0.25) is 9.78 Å². The van der Waals surface area contributed by atoms with Crippen LogP contribution in [0.2, 0.25) is 5.02 Å². The molecule has 6 nitrogen and oxygen atoms in total. The summed E-state index contributed by atoms with van der Waals surface area (Å²) in [5.74, 6) is -1.78. The molecule has 0 bridgehead atoms. The van der Waals surface area contributed by atoms with Crippen LogP contribution in [0, 0.1) is 0 Å². The summed E-state index contributed by atoms with van der Waals surface area (Å²) >= 11 is 5.77. The minimum absolute atomic E-state index is 0.0392. The van der Waals surface area contributed by atoms with E-state index in [-0.39, 0.29) is 23.6 Å². The van der Waals surface area contributed by atoms with Gasteiger partial charge in [0.1, 0.15) is 0 Å². The van der Waals surface area contributed by atoms with Crippen molar-refractivity contribution in [2.24, 2.45) is 0 Å². The number of amides is 1. The molecule has 1 heterocycles. The van der Waals surface area contributed by atoms with Crippen LogP contribution < -0.4 is 5.32 Å². The Morgan fingerprint density at radius 3 is 2.82 bits per heavy atom. The molecule has 0 spiro atoms. The topological polar surface area (TPSA) is 99.5 Å². The molecule has 17 heavy (non-hydrogen) atoms. The van der Waals surface area contributed by atoms with E-state index in [0.717, 1.165) is 0 Å². The van der Waals surface area contributed by atoms with Gasteiger partial charge in [-0.1, -0.05) is 11.6 Å². The summed E-state index contributed by atoms with van der Waals surface area (Å²) in [6.07, 6.45) is 1.21. The Balaban J connectivity index is 2.46. The van der Waals surface area contributed by atoms with E-state index in [1.165, 1.54) is 18.5 Å². The number of rotatable bonds is 5. The number of aliphatic hydroxyl groups excluding tert-OH is 1. The van der Waals surface area contributed by atoms with Crippen molar-refractivity contribution in [3.8, 4) is 0 Å². The first-order valence-corrected chi connectivity index (χ1v) is 5.18. The molecule has 0 fully saturated rings. The zero-order valence-electron chi connectivity index (χ0n) is 8.76. The molecule has 1 amide bonds. The largest absolute Gasteiger partial charge is 0.479 e. The van der Waals surface area contributed by atoms with E-state index in [9.17, 15) is 9.59 Å². The molecule has 0 unspecified atom stereocenters. The smallest absolute Gasteiger partial charge is 0.332 e. The van der Waals surface area contributed by atoms with Gasteiger partial charge in [0.25, 0.3) is 5.91 Å². The number of carbonyl (C=O) groups is 2. The highest BCUT2D eigenvalue weighted by molar-refractivity contribution is 6.33. The van der Waals surface area contributed by atoms with E-state index >= 15 is 0 Å². The lowest BCUT2D eigenvalue weighted by molar-refractivity contribution is -0.146. The number of hydrogen-bond acceptors (Lipinski definition) is 4. The molecule has 1 aromatic heterocycles. The Morgan fingerprint density at radius 1 is 1.53 bits per heavy atom. The third-order valence-corrected chi connectivity index (χ3v) is 2.33. The number of aromatic nitrogens is 1. The van der Waals surface area contributed by atoms with E-state index in [0.29, 0.717) is 0 Å². The Kier molecular flexibility index (Phi) is 4.86. The van der Waals surface area contributed by atoms with Crippen molar-refractivity contribution in [1.82, 2.24) is 10.3 Å². The molecular formula is C10H11ClN2O4. The maximum atomic E-state index is 11.6. The summed E-state index contributed by atoms with van der Waals surface area (Å²) < 4.78 is 0. The third-order valence-electron chi connectivity index (χ3n) is 2.00. The van der Waals surface area contributed by atoms with Crippen LogP contribution in [-0.2, 0) is 4.79 Å². The van der Waals surface area contributed by atoms with Crippen molar-refractivity contribution in [3.63, 3.8) is 0 Å². The predicted octanol–water partition coefficient (Wildman–Crippen LogP) is 0.300. The fourth-order valence-corrected chi connectivity index (χ4v) is 1.28. The number of carbonyl (C=O) groups excluding carboxylic acids is 1. The molecule has 3 N–H and O–H groups in total. The van der Waals surface area contributed by atoms with Crippen LogP contribution in [0.1, 0.15) is 16.8 Å². The minimum Gasteiger partial charge on any atom is -0.479 e.